The van der Waals surface area contributed by atoms with Crippen LogP contribution in [0.1, 0.15) is 65.1 Å². The van der Waals surface area contributed by atoms with E-state index in [1.807, 2.05) is 49.7 Å². The molecule has 1 N–H and O–H groups in total. The second-order valence-electron chi connectivity index (χ2n) is 8.54. The summed E-state index contributed by atoms with van der Waals surface area (Å²) in [7, 11) is 0. The minimum atomic E-state index is -0.495. The van der Waals surface area contributed by atoms with E-state index in [4.69, 9.17) is 14.6 Å². The molecule has 1 aromatic heterocycles. The third kappa shape index (κ3) is 5.49. The molecule has 1 aliphatic rings. The van der Waals surface area contributed by atoms with Crippen LogP contribution in [-0.2, 0) is 20.7 Å². The number of esters is 1. The van der Waals surface area contributed by atoms with Crippen molar-refractivity contribution in [3.8, 4) is 0 Å². The summed E-state index contributed by atoms with van der Waals surface area (Å²) in [5.74, 6) is -0.256. The molecule has 1 saturated carbocycles. The molecule has 0 unspecified atom stereocenters. The number of amides is 1. The number of ether oxygens (including phenoxy) is 2. The van der Waals surface area contributed by atoms with Crippen LogP contribution < -0.4 is 5.32 Å². The van der Waals surface area contributed by atoms with Gasteiger partial charge in [0, 0.05) is 11.4 Å². The van der Waals surface area contributed by atoms with Gasteiger partial charge in [0.1, 0.15) is 5.60 Å². The Hall–Kier alpha value is -2.57. The van der Waals surface area contributed by atoms with Gasteiger partial charge in [0.15, 0.2) is 0 Å². The molecule has 1 aromatic carbocycles. The third-order valence-corrected chi connectivity index (χ3v) is 5.07. The molecule has 0 aliphatic heterocycles. The van der Waals surface area contributed by atoms with E-state index in [9.17, 15) is 9.59 Å². The zero-order valence-corrected chi connectivity index (χ0v) is 17.7. The monoisotopic (exact) mass is 401 g/mol. The van der Waals surface area contributed by atoms with Crippen molar-refractivity contribution in [1.82, 2.24) is 15.1 Å². The highest BCUT2D eigenvalue weighted by Crippen LogP contribution is 2.32. The standard InChI is InChI=1S/C22H31N3O4/c1-5-28-20(26)14-18-17-8-6-7-9-19(17)25(24-18)16-12-10-15(11-13-16)23-21(27)29-22(2,3)4/h6-9,15-16H,5,10-14H2,1-4H3,(H,23,27)/t15-,16+. The summed E-state index contributed by atoms with van der Waals surface area (Å²) in [5, 5.41) is 8.75. The lowest BCUT2D eigenvalue weighted by molar-refractivity contribution is -0.142. The first kappa shape index (κ1) is 21.1. The average Bonchev–Trinajstić information content (AvgIpc) is 3.00. The molecule has 7 nitrogen and oxygen atoms in total. The first-order valence-corrected chi connectivity index (χ1v) is 10.4. The van der Waals surface area contributed by atoms with Gasteiger partial charge in [-0.1, -0.05) is 18.2 Å². The van der Waals surface area contributed by atoms with Crippen LogP contribution in [0.5, 0.6) is 0 Å². The maximum absolute atomic E-state index is 12.0. The molecule has 3 rings (SSSR count). The molecule has 7 heteroatoms. The van der Waals surface area contributed by atoms with E-state index in [2.05, 4.69) is 5.32 Å². The summed E-state index contributed by atoms with van der Waals surface area (Å²) in [5.41, 5.74) is 1.30. The predicted octanol–water partition coefficient (Wildman–Crippen LogP) is 4.15. The van der Waals surface area contributed by atoms with E-state index < -0.39 is 5.60 Å². The Morgan fingerprint density at radius 1 is 1.17 bits per heavy atom. The quantitative estimate of drug-likeness (QED) is 0.761. The Morgan fingerprint density at radius 2 is 1.86 bits per heavy atom. The van der Waals surface area contributed by atoms with Gasteiger partial charge in [-0.2, -0.15) is 5.10 Å². The number of carbonyl (C=O) groups is 2. The molecule has 0 spiro atoms. The average molecular weight is 402 g/mol. The molecule has 2 aromatic rings. The summed E-state index contributed by atoms with van der Waals surface area (Å²) in [6.45, 7) is 7.76. The van der Waals surface area contributed by atoms with E-state index in [0.717, 1.165) is 42.3 Å². The van der Waals surface area contributed by atoms with Crippen molar-refractivity contribution < 1.29 is 19.1 Å². The van der Waals surface area contributed by atoms with Gasteiger partial charge < -0.3 is 14.8 Å². The lowest BCUT2D eigenvalue weighted by atomic mass is 9.91. The SMILES string of the molecule is CCOC(=O)Cc1nn([C@H]2CC[C@@H](NC(=O)OC(C)(C)C)CC2)c2ccccc12. The van der Waals surface area contributed by atoms with E-state index >= 15 is 0 Å². The van der Waals surface area contributed by atoms with Crippen molar-refractivity contribution in [3.05, 3.63) is 30.0 Å². The number of nitrogens with one attached hydrogen (secondary N) is 1. The number of nitrogens with zero attached hydrogens (tertiary/aromatic N) is 2. The van der Waals surface area contributed by atoms with Crippen molar-refractivity contribution >= 4 is 23.0 Å². The van der Waals surface area contributed by atoms with Crippen molar-refractivity contribution in [2.75, 3.05) is 6.61 Å². The molecule has 1 heterocycles. The number of hydrogen-bond donors (Lipinski definition) is 1. The highest BCUT2D eigenvalue weighted by atomic mass is 16.6. The molecule has 29 heavy (non-hydrogen) atoms. The summed E-state index contributed by atoms with van der Waals surface area (Å²) in [6, 6.07) is 8.36. The van der Waals surface area contributed by atoms with Gasteiger partial charge in [-0.3, -0.25) is 9.48 Å². The van der Waals surface area contributed by atoms with Crippen LogP contribution in [0.4, 0.5) is 4.79 Å². The van der Waals surface area contributed by atoms with Crippen LogP contribution in [0, 0.1) is 0 Å². The Bertz CT molecular complexity index is 861. The number of aromatic nitrogens is 2. The Balaban J connectivity index is 1.68. The number of alkyl carbamates (subject to hydrolysis) is 1. The van der Waals surface area contributed by atoms with E-state index in [-0.39, 0.29) is 30.6 Å². The van der Waals surface area contributed by atoms with Crippen LogP contribution in [0.15, 0.2) is 24.3 Å². The molecule has 1 aliphatic carbocycles. The number of rotatable bonds is 5. The molecule has 0 bridgehead atoms. The molecule has 1 fully saturated rings. The van der Waals surface area contributed by atoms with Crippen molar-refractivity contribution in [2.45, 2.75) is 77.5 Å². The van der Waals surface area contributed by atoms with Gasteiger partial charge in [-0.05, 0) is 59.4 Å². The van der Waals surface area contributed by atoms with Crippen LogP contribution in [0.25, 0.3) is 10.9 Å². The first-order valence-electron chi connectivity index (χ1n) is 10.4. The van der Waals surface area contributed by atoms with Crippen molar-refractivity contribution in [1.29, 1.82) is 0 Å². The minimum Gasteiger partial charge on any atom is -0.466 e. The van der Waals surface area contributed by atoms with Gasteiger partial charge in [-0.15, -0.1) is 0 Å². The fourth-order valence-electron chi connectivity index (χ4n) is 3.85. The van der Waals surface area contributed by atoms with Crippen LogP contribution in [0.3, 0.4) is 0 Å². The summed E-state index contributed by atoms with van der Waals surface area (Å²) in [4.78, 5) is 24.0. The summed E-state index contributed by atoms with van der Waals surface area (Å²) in [6.07, 6.45) is 3.37. The smallest absolute Gasteiger partial charge is 0.407 e. The number of fused-ring (bicyclic) bond motifs is 1. The maximum atomic E-state index is 12.0. The summed E-state index contributed by atoms with van der Waals surface area (Å²) >= 11 is 0. The minimum absolute atomic E-state index is 0.113. The third-order valence-electron chi connectivity index (χ3n) is 5.07. The fraction of sp³-hybridized carbons (Fsp3) is 0.591. The van der Waals surface area contributed by atoms with E-state index in [1.165, 1.54) is 0 Å². The summed E-state index contributed by atoms with van der Waals surface area (Å²) < 4.78 is 12.5. The number of benzene rings is 1. The largest absolute Gasteiger partial charge is 0.466 e. The lowest BCUT2D eigenvalue weighted by Crippen LogP contribution is -2.41. The van der Waals surface area contributed by atoms with Crippen molar-refractivity contribution in [2.24, 2.45) is 0 Å². The number of hydrogen-bond acceptors (Lipinski definition) is 5. The maximum Gasteiger partial charge on any atom is 0.407 e. The Kier molecular flexibility index (Phi) is 6.45. The Morgan fingerprint density at radius 3 is 2.52 bits per heavy atom. The predicted molar refractivity (Wildman–Crippen MR) is 111 cm³/mol. The fourth-order valence-corrected chi connectivity index (χ4v) is 3.85. The molecule has 1 amide bonds. The number of para-hydroxylation sites is 1. The molecule has 158 valence electrons. The van der Waals surface area contributed by atoms with Gasteiger partial charge in [0.2, 0.25) is 0 Å². The Labute approximate surface area is 171 Å². The second kappa shape index (κ2) is 8.84. The van der Waals surface area contributed by atoms with Crippen LogP contribution in [-0.4, -0.2) is 40.1 Å². The van der Waals surface area contributed by atoms with Gasteiger partial charge in [0.05, 0.1) is 30.3 Å². The number of carbonyl (C=O) groups excluding carboxylic acids is 2. The highest BCUT2D eigenvalue weighted by Gasteiger charge is 2.27. The molecule has 0 radical (unpaired) electrons. The molecule has 0 saturated heterocycles. The van der Waals surface area contributed by atoms with Gasteiger partial charge in [-0.25, -0.2) is 4.79 Å². The van der Waals surface area contributed by atoms with Gasteiger partial charge >= 0.3 is 12.1 Å². The first-order chi connectivity index (χ1) is 13.8. The van der Waals surface area contributed by atoms with Gasteiger partial charge in [0.25, 0.3) is 0 Å². The van der Waals surface area contributed by atoms with Crippen LogP contribution in [0.2, 0.25) is 0 Å². The normalized spacial score (nSPS) is 19.7. The second-order valence-corrected chi connectivity index (χ2v) is 8.54. The molecular formula is C22H31N3O4. The zero-order chi connectivity index (χ0) is 21.0. The van der Waals surface area contributed by atoms with Crippen LogP contribution >= 0.6 is 0 Å². The molecule has 0 atom stereocenters. The topological polar surface area (TPSA) is 82.5 Å². The lowest BCUT2D eigenvalue weighted by Gasteiger charge is -2.30. The van der Waals surface area contributed by atoms with E-state index in [0.29, 0.717) is 6.61 Å². The zero-order valence-electron chi connectivity index (χ0n) is 17.7. The van der Waals surface area contributed by atoms with E-state index in [1.54, 1.807) is 6.92 Å². The molecular weight excluding hydrogens is 370 g/mol. The van der Waals surface area contributed by atoms with Crippen molar-refractivity contribution in [3.63, 3.8) is 0 Å². The highest BCUT2D eigenvalue weighted by molar-refractivity contribution is 5.86.